The molecule has 0 aromatic carbocycles. The zero-order chi connectivity index (χ0) is 15.7. The monoisotopic (exact) mass is 378 g/mol. The highest BCUT2D eigenvalue weighted by Gasteiger charge is 2.39. The van der Waals surface area contributed by atoms with E-state index in [1.165, 1.54) is 52.9 Å². The molecule has 0 amide bonds. The van der Waals surface area contributed by atoms with Gasteiger partial charge in [0, 0.05) is 52.9 Å². The Morgan fingerprint density at radius 2 is 0.958 bits per heavy atom. The number of thiophene rings is 4. The zero-order valence-electron chi connectivity index (χ0n) is 12.4. The van der Waals surface area contributed by atoms with Gasteiger partial charge in [0.1, 0.15) is 0 Å². The Bertz CT molecular complexity index is 1040. The molecular formula is C20H10S4. The molecule has 24 heavy (non-hydrogen) atoms. The SMILES string of the molecule is c1csc(C2=C3C(=C(c4cccs4)c4sccc43)c3ccsc32)c1. The minimum Gasteiger partial charge on any atom is -0.144 e. The largest absolute Gasteiger partial charge is 0.144 e. The van der Waals surface area contributed by atoms with Crippen LogP contribution in [-0.4, -0.2) is 0 Å². The van der Waals surface area contributed by atoms with Crippen molar-refractivity contribution < 1.29 is 0 Å². The fourth-order valence-corrected chi connectivity index (χ4v) is 7.36. The number of hydrogen-bond donors (Lipinski definition) is 0. The van der Waals surface area contributed by atoms with Gasteiger partial charge in [0.05, 0.1) is 0 Å². The summed E-state index contributed by atoms with van der Waals surface area (Å²) < 4.78 is 0. The summed E-state index contributed by atoms with van der Waals surface area (Å²) in [4.78, 5) is 5.64. The van der Waals surface area contributed by atoms with Gasteiger partial charge in [-0.15, -0.1) is 45.3 Å². The van der Waals surface area contributed by atoms with Gasteiger partial charge in [-0.3, -0.25) is 0 Å². The van der Waals surface area contributed by atoms with Crippen LogP contribution >= 0.6 is 45.3 Å². The number of hydrogen-bond acceptors (Lipinski definition) is 4. The molecule has 0 nitrogen and oxygen atoms in total. The highest BCUT2D eigenvalue weighted by Crippen LogP contribution is 2.61. The normalized spacial score (nSPS) is 15.2. The Balaban J connectivity index is 1.79. The second kappa shape index (κ2) is 4.90. The molecule has 6 rings (SSSR count). The van der Waals surface area contributed by atoms with Crippen LogP contribution in [0, 0.1) is 0 Å². The van der Waals surface area contributed by atoms with Crippen molar-refractivity contribution in [2.24, 2.45) is 0 Å². The maximum Gasteiger partial charge on any atom is 0.0442 e. The molecule has 4 aromatic rings. The Kier molecular flexibility index (Phi) is 2.77. The molecule has 4 heterocycles. The fraction of sp³-hybridized carbons (Fsp3) is 0. The van der Waals surface area contributed by atoms with E-state index in [2.05, 4.69) is 57.9 Å². The molecule has 4 aromatic heterocycles. The van der Waals surface area contributed by atoms with Gasteiger partial charge in [-0.2, -0.15) is 0 Å². The second-order valence-electron chi connectivity index (χ2n) is 5.78. The van der Waals surface area contributed by atoms with Crippen LogP contribution in [0.3, 0.4) is 0 Å². The molecule has 0 saturated carbocycles. The molecule has 2 aliphatic carbocycles. The van der Waals surface area contributed by atoms with Crippen molar-refractivity contribution in [2.45, 2.75) is 0 Å². The Morgan fingerprint density at radius 1 is 0.458 bits per heavy atom. The van der Waals surface area contributed by atoms with Crippen LogP contribution in [0.4, 0.5) is 0 Å². The minimum absolute atomic E-state index is 1.38. The van der Waals surface area contributed by atoms with Gasteiger partial charge in [0.25, 0.3) is 0 Å². The van der Waals surface area contributed by atoms with Gasteiger partial charge < -0.3 is 0 Å². The van der Waals surface area contributed by atoms with E-state index in [0.717, 1.165) is 0 Å². The first kappa shape index (κ1) is 13.6. The molecule has 0 unspecified atom stereocenters. The molecule has 0 bridgehead atoms. The lowest BCUT2D eigenvalue weighted by Gasteiger charge is -2.03. The predicted octanol–water partition coefficient (Wildman–Crippen LogP) is 7.18. The quantitative estimate of drug-likeness (QED) is 0.346. The summed E-state index contributed by atoms with van der Waals surface area (Å²) in [5, 5.41) is 8.84. The van der Waals surface area contributed by atoms with Crippen molar-refractivity contribution in [2.75, 3.05) is 0 Å². The highest BCUT2D eigenvalue weighted by atomic mass is 32.1. The Hall–Kier alpha value is -1.72. The lowest BCUT2D eigenvalue weighted by atomic mass is 10.0. The van der Waals surface area contributed by atoms with Crippen LogP contribution in [-0.2, 0) is 0 Å². The van der Waals surface area contributed by atoms with Gasteiger partial charge in [-0.25, -0.2) is 0 Å². The first-order valence-corrected chi connectivity index (χ1v) is 11.2. The summed E-state index contributed by atoms with van der Waals surface area (Å²) in [5.41, 5.74) is 8.64. The molecule has 0 radical (unpaired) electrons. The standard InChI is InChI=1S/C20H10S4/c1-3-13(21-7-1)17-15-11-5-10-24-20(11)18(14-4-2-8-22-14)16(15)12-6-9-23-19(12)17/h1-10H. The van der Waals surface area contributed by atoms with Crippen LogP contribution in [0.15, 0.2) is 57.9 Å². The van der Waals surface area contributed by atoms with Crippen molar-refractivity contribution in [1.29, 1.82) is 0 Å². The highest BCUT2D eigenvalue weighted by molar-refractivity contribution is 7.16. The molecule has 0 aliphatic heterocycles. The first-order chi connectivity index (χ1) is 11.9. The number of fused-ring (bicyclic) bond motifs is 5. The lowest BCUT2D eigenvalue weighted by Crippen LogP contribution is -1.83. The molecule has 0 spiro atoms. The third-order valence-electron chi connectivity index (χ3n) is 4.61. The molecule has 0 fully saturated rings. The maximum absolute atomic E-state index is 2.31. The van der Waals surface area contributed by atoms with Crippen LogP contribution in [0.5, 0.6) is 0 Å². The van der Waals surface area contributed by atoms with Crippen molar-refractivity contribution >= 4 is 67.6 Å². The second-order valence-corrected chi connectivity index (χ2v) is 9.51. The van der Waals surface area contributed by atoms with Crippen molar-refractivity contribution in [1.82, 2.24) is 0 Å². The van der Waals surface area contributed by atoms with Crippen LogP contribution in [0.25, 0.3) is 22.3 Å². The van der Waals surface area contributed by atoms with Crippen LogP contribution in [0.2, 0.25) is 0 Å². The van der Waals surface area contributed by atoms with E-state index in [0.29, 0.717) is 0 Å². The summed E-state index contributed by atoms with van der Waals surface area (Å²) in [5.74, 6) is 0. The smallest absolute Gasteiger partial charge is 0.0442 e. The van der Waals surface area contributed by atoms with E-state index < -0.39 is 0 Å². The van der Waals surface area contributed by atoms with Gasteiger partial charge in [0.15, 0.2) is 0 Å². The summed E-state index contributed by atoms with van der Waals surface area (Å²) in [6, 6.07) is 13.4. The summed E-state index contributed by atoms with van der Waals surface area (Å²) in [7, 11) is 0. The average Bonchev–Trinajstić information content (AvgIpc) is 3.38. The van der Waals surface area contributed by atoms with Gasteiger partial charge in [0.2, 0.25) is 0 Å². The molecule has 0 N–H and O–H groups in total. The molecule has 0 atom stereocenters. The van der Waals surface area contributed by atoms with E-state index in [-0.39, 0.29) is 0 Å². The third-order valence-corrected chi connectivity index (χ3v) is 8.25. The minimum atomic E-state index is 1.38. The molecule has 2 aliphatic rings. The average molecular weight is 379 g/mol. The third kappa shape index (κ3) is 1.62. The van der Waals surface area contributed by atoms with E-state index in [4.69, 9.17) is 0 Å². The predicted molar refractivity (Wildman–Crippen MR) is 109 cm³/mol. The summed E-state index contributed by atoms with van der Waals surface area (Å²) in [6.45, 7) is 0. The van der Waals surface area contributed by atoms with E-state index >= 15 is 0 Å². The number of rotatable bonds is 2. The van der Waals surface area contributed by atoms with Gasteiger partial charge in [-0.1, -0.05) is 12.1 Å². The van der Waals surface area contributed by atoms with Crippen molar-refractivity contribution in [3.63, 3.8) is 0 Å². The fourth-order valence-electron chi connectivity index (χ4n) is 3.73. The lowest BCUT2D eigenvalue weighted by molar-refractivity contribution is 1.75. The molecular weight excluding hydrogens is 368 g/mol. The van der Waals surface area contributed by atoms with E-state index in [1.807, 2.05) is 45.3 Å². The van der Waals surface area contributed by atoms with Gasteiger partial charge >= 0.3 is 0 Å². The van der Waals surface area contributed by atoms with Gasteiger partial charge in [-0.05, 0) is 45.8 Å². The molecule has 114 valence electrons. The van der Waals surface area contributed by atoms with E-state index in [9.17, 15) is 0 Å². The summed E-state index contributed by atoms with van der Waals surface area (Å²) in [6.07, 6.45) is 0. The number of allylic oxidation sites excluding steroid dienone is 2. The maximum atomic E-state index is 2.31. The van der Waals surface area contributed by atoms with Crippen molar-refractivity contribution in [3.8, 4) is 0 Å². The Labute approximate surface area is 155 Å². The Morgan fingerprint density at radius 3 is 1.38 bits per heavy atom. The van der Waals surface area contributed by atoms with Crippen LogP contribution in [0.1, 0.15) is 30.6 Å². The first-order valence-electron chi connectivity index (χ1n) is 7.66. The molecule has 4 heteroatoms. The topological polar surface area (TPSA) is 0 Å². The van der Waals surface area contributed by atoms with Crippen LogP contribution < -0.4 is 0 Å². The van der Waals surface area contributed by atoms with Crippen molar-refractivity contribution in [3.05, 3.63) is 88.6 Å². The molecule has 0 saturated heterocycles. The van der Waals surface area contributed by atoms with E-state index in [1.54, 1.807) is 0 Å². The zero-order valence-corrected chi connectivity index (χ0v) is 15.7. The summed E-state index contributed by atoms with van der Waals surface area (Å²) >= 11 is 7.43.